The lowest BCUT2D eigenvalue weighted by atomic mass is 10.0. The minimum atomic E-state index is -0.741. The van der Waals surface area contributed by atoms with Gasteiger partial charge < -0.3 is 5.11 Å². The maximum Gasteiger partial charge on any atom is 0.317 e. The maximum absolute atomic E-state index is 10.7. The number of halogens is 1. The third-order valence-electron chi connectivity index (χ3n) is 4.09. The Bertz CT molecular complexity index is 442. The molecule has 0 spiro atoms. The van der Waals surface area contributed by atoms with Crippen LogP contribution in [0.3, 0.4) is 0 Å². The Balaban J connectivity index is 0.00000220. The summed E-state index contributed by atoms with van der Waals surface area (Å²) in [5, 5.41) is 8.83. The van der Waals surface area contributed by atoms with Gasteiger partial charge in [-0.3, -0.25) is 14.6 Å². The number of carboxylic acids is 1. The van der Waals surface area contributed by atoms with Gasteiger partial charge in [-0.25, -0.2) is 0 Å². The number of nitrogens with zero attached hydrogens (tertiary/aromatic N) is 2. The largest absolute Gasteiger partial charge is 0.480 e. The van der Waals surface area contributed by atoms with Crippen molar-refractivity contribution >= 4 is 18.4 Å². The molecule has 0 radical (unpaired) electrons. The molecule has 1 fully saturated rings. The molecule has 0 bridgehead atoms. The monoisotopic (exact) mass is 312 g/mol. The Morgan fingerprint density at radius 1 is 1.29 bits per heavy atom. The molecular formula is C16H25ClN2O2. The number of hydrogen-bond acceptors (Lipinski definition) is 3. The van der Waals surface area contributed by atoms with E-state index in [4.69, 9.17) is 5.11 Å². The van der Waals surface area contributed by atoms with E-state index in [1.54, 1.807) is 0 Å². The smallest absolute Gasteiger partial charge is 0.317 e. The fourth-order valence-corrected chi connectivity index (χ4v) is 2.81. The summed E-state index contributed by atoms with van der Waals surface area (Å²) in [6.07, 6.45) is 2.10. The van der Waals surface area contributed by atoms with E-state index in [1.165, 1.54) is 11.1 Å². The number of aliphatic carboxylic acids is 1. The van der Waals surface area contributed by atoms with E-state index < -0.39 is 5.97 Å². The standard InChI is InChI=1S/C16H24N2O2.ClH/c1-13-3-5-14(6-4-13)11-18-9-7-15(8-10-18)17(2)12-16(19)20;/h3-6,15H,7-12H2,1-2H3,(H,19,20);1H. The number of likely N-dealkylation sites (N-methyl/N-ethyl adjacent to an activating group) is 1. The number of piperidine rings is 1. The predicted octanol–water partition coefficient (Wildman–Crippen LogP) is 2.40. The zero-order valence-corrected chi connectivity index (χ0v) is 13.6. The van der Waals surface area contributed by atoms with E-state index in [-0.39, 0.29) is 19.0 Å². The Morgan fingerprint density at radius 2 is 1.86 bits per heavy atom. The van der Waals surface area contributed by atoms with Gasteiger partial charge in [-0.1, -0.05) is 29.8 Å². The van der Waals surface area contributed by atoms with Gasteiger partial charge >= 0.3 is 5.97 Å². The van der Waals surface area contributed by atoms with Crippen molar-refractivity contribution in [1.29, 1.82) is 0 Å². The van der Waals surface area contributed by atoms with Crippen LogP contribution >= 0.6 is 12.4 Å². The van der Waals surface area contributed by atoms with Crippen molar-refractivity contribution in [3.63, 3.8) is 0 Å². The van der Waals surface area contributed by atoms with Crippen LogP contribution in [0.25, 0.3) is 0 Å². The van der Waals surface area contributed by atoms with Crippen molar-refractivity contribution in [2.75, 3.05) is 26.7 Å². The fraction of sp³-hybridized carbons (Fsp3) is 0.562. The molecule has 1 N–H and O–H groups in total. The number of likely N-dealkylation sites (tertiary alicyclic amines) is 1. The van der Waals surface area contributed by atoms with Gasteiger partial charge in [0, 0.05) is 12.6 Å². The number of carboxylic acid groups (broad SMARTS) is 1. The second-order valence-electron chi connectivity index (χ2n) is 5.80. The number of carbonyl (C=O) groups is 1. The number of hydrogen-bond donors (Lipinski definition) is 1. The molecule has 0 aromatic heterocycles. The van der Waals surface area contributed by atoms with Crippen molar-refractivity contribution < 1.29 is 9.90 Å². The summed E-state index contributed by atoms with van der Waals surface area (Å²) in [6.45, 7) is 5.33. The summed E-state index contributed by atoms with van der Waals surface area (Å²) in [5.41, 5.74) is 2.65. The molecule has 0 atom stereocenters. The van der Waals surface area contributed by atoms with Crippen LogP contribution in [0.2, 0.25) is 0 Å². The zero-order valence-electron chi connectivity index (χ0n) is 12.8. The molecule has 0 amide bonds. The number of aryl methyl sites for hydroxylation is 1. The molecule has 4 nitrogen and oxygen atoms in total. The lowest BCUT2D eigenvalue weighted by Gasteiger charge is -2.36. The molecule has 1 aliphatic rings. The first kappa shape index (κ1) is 18.0. The van der Waals surface area contributed by atoms with E-state index in [2.05, 4.69) is 36.1 Å². The lowest BCUT2D eigenvalue weighted by molar-refractivity contribution is -0.138. The molecule has 0 aliphatic carbocycles. The highest BCUT2D eigenvalue weighted by Gasteiger charge is 2.23. The van der Waals surface area contributed by atoms with E-state index in [0.717, 1.165) is 32.5 Å². The molecule has 1 saturated heterocycles. The van der Waals surface area contributed by atoms with E-state index >= 15 is 0 Å². The minimum absolute atomic E-state index is 0. The molecule has 118 valence electrons. The van der Waals surface area contributed by atoms with Gasteiger partial charge in [0.1, 0.15) is 0 Å². The van der Waals surface area contributed by atoms with Crippen molar-refractivity contribution in [2.24, 2.45) is 0 Å². The first-order valence-electron chi connectivity index (χ1n) is 7.24. The number of rotatable bonds is 5. The van der Waals surface area contributed by atoms with Gasteiger partial charge in [-0.05, 0) is 45.5 Å². The SMILES string of the molecule is Cc1ccc(CN2CCC(N(C)CC(=O)O)CC2)cc1.Cl. The van der Waals surface area contributed by atoms with Crippen LogP contribution < -0.4 is 0 Å². The predicted molar refractivity (Wildman–Crippen MR) is 87.0 cm³/mol. The molecule has 0 saturated carbocycles. The Labute approximate surface area is 133 Å². The topological polar surface area (TPSA) is 43.8 Å². The van der Waals surface area contributed by atoms with Gasteiger partial charge in [0.2, 0.25) is 0 Å². The maximum atomic E-state index is 10.7. The van der Waals surface area contributed by atoms with E-state index in [0.29, 0.717) is 6.04 Å². The summed E-state index contributed by atoms with van der Waals surface area (Å²) in [6, 6.07) is 9.10. The summed E-state index contributed by atoms with van der Waals surface area (Å²) in [5.74, 6) is -0.741. The van der Waals surface area contributed by atoms with E-state index in [1.807, 2.05) is 11.9 Å². The summed E-state index contributed by atoms with van der Waals surface area (Å²) >= 11 is 0. The highest BCUT2D eigenvalue weighted by Crippen LogP contribution is 2.17. The van der Waals surface area contributed by atoms with Gasteiger partial charge in [0.25, 0.3) is 0 Å². The van der Waals surface area contributed by atoms with Crippen LogP contribution in [-0.4, -0.2) is 53.6 Å². The molecule has 21 heavy (non-hydrogen) atoms. The van der Waals surface area contributed by atoms with Crippen LogP contribution in [0.4, 0.5) is 0 Å². The van der Waals surface area contributed by atoms with Gasteiger partial charge in [0.05, 0.1) is 6.54 Å². The van der Waals surface area contributed by atoms with E-state index in [9.17, 15) is 4.79 Å². The third kappa shape index (κ3) is 5.65. The van der Waals surface area contributed by atoms with Crippen LogP contribution in [0, 0.1) is 6.92 Å². The Hall–Kier alpha value is -1.10. The average Bonchev–Trinajstić information content (AvgIpc) is 2.41. The van der Waals surface area contributed by atoms with Crippen molar-refractivity contribution in [3.05, 3.63) is 35.4 Å². The van der Waals surface area contributed by atoms with Crippen LogP contribution in [0.15, 0.2) is 24.3 Å². The molecule has 2 rings (SSSR count). The first-order chi connectivity index (χ1) is 9.54. The van der Waals surface area contributed by atoms with Crippen LogP contribution in [-0.2, 0) is 11.3 Å². The molecule has 1 heterocycles. The molecule has 1 aliphatic heterocycles. The van der Waals surface area contributed by atoms with Crippen molar-refractivity contribution in [1.82, 2.24) is 9.80 Å². The summed E-state index contributed by atoms with van der Waals surface area (Å²) < 4.78 is 0. The Kier molecular flexibility index (Phi) is 7.15. The molecule has 1 aromatic rings. The van der Waals surface area contributed by atoms with Crippen LogP contribution in [0.5, 0.6) is 0 Å². The Morgan fingerprint density at radius 3 is 2.38 bits per heavy atom. The van der Waals surface area contributed by atoms with Crippen LogP contribution in [0.1, 0.15) is 24.0 Å². The normalized spacial score (nSPS) is 16.7. The quantitative estimate of drug-likeness (QED) is 0.906. The fourth-order valence-electron chi connectivity index (χ4n) is 2.81. The van der Waals surface area contributed by atoms with Crippen molar-refractivity contribution in [3.8, 4) is 0 Å². The van der Waals surface area contributed by atoms with Gasteiger partial charge in [-0.15, -0.1) is 12.4 Å². The number of benzene rings is 1. The molecule has 5 heteroatoms. The second-order valence-corrected chi connectivity index (χ2v) is 5.80. The third-order valence-corrected chi connectivity index (χ3v) is 4.09. The zero-order chi connectivity index (χ0) is 14.5. The average molecular weight is 313 g/mol. The molecule has 0 unspecified atom stereocenters. The second kappa shape index (κ2) is 8.37. The van der Waals surface area contributed by atoms with Gasteiger partial charge in [0.15, 0.2) is 0 Å². The summed E-state index contributed by atoms with van der Waals surface area (Å²) in [4.78, 5) is 15.2. The minimum Gasteiger partial charge on any atom is -0.480 e. The lowest BCUT2D eigenvalue weighted by Crippen LogP contribution is -2.44. The first-order valence-corrected chi connectivity index (χ1v) is 7.24. The highest BCUT2D eigenvalue weighted by atomic mass is 35.5. The highest BCUT2D eigenvalue weighted by molar-refractivity contribution is 5.85. The molecular weight excluding hydrogens is 288 g/mol. The van der Waals surface area contributed by atoms with Crippen molar-refractivity contribution in [2.45, 2.75) is 32.4 Å². The van der Waals surface area contributed by atoms with Gasteiger partial charge in [-0.2, -0.15) is 0 Å². The molecule has 1 aromatic carbocycles. The summed E-state index contributed by atoms with van der Waals surface area (Å²) in [7, 11) is 1.91.